The number of aryl methyl sites for hydroxylation is 1. The van der Waals surface area contributed by atoms with Crippen LogP contribution in [0.5, 0.6) is 17.2 Å². The Balaban J connectivity index is 1.56. The first-order chi connectivity index (χ1) is 12.2. The molecule has 2 aromatic heterocycles. The minimum absolute atomic E-state index is 0.200. The van der Waals surface area contributed by atoms with E-state index in [-0.39, 0.29) is 5.91 Å². The van der Waals surface area contributed by atoms with E-state index < -0.39 is 0 Å². The second kappa shape index (κ2) is 6.04. The predicted octanol–water partition coefficient (Wildman–Crippen LogP) is 1.38. The van der Waals surface area contributed by atoms with Crippen molar-refractivity contribution in [2.24, 2.45) is 7.05 Å². The maximum absolute atomic E-state index is 12.6. The van der Waals surface area contributed by atoms with Crippen LogP contribution in [0.2, 0.25) is 0 Å². The molecule has 1 aromatic carbocycles. The highest BCUT2D eigenvalue weighted by atomic mass is 16.6. The van der Waals surface area contributed by atoms with Gasteiger partial charge in [-0.3, -0.25) is 4.79 Å². The zero-order chi connectivity index (χ0) is 17.4. The third-order valence-corrected chi connectivity index (χ3v) is 4.16. The molecule has 3 heterocycles. The van der Waals surface area contributed by atoms with Gasteiger partial charge in [0.1, 0.15) is 30.2 Å². The van der Waals surface area contributed by atoms with Crippen molar-refractivity contribution in [1.82, 2.24) is 19.5 Å². The van der Waals surface area contributed by atoms with Crippen LogP contribution in [0.4, 0.5) is 0 Å². The summed E-state index contributed by atoms with van der Waals surface area (Å²) in [7, 11) is 3.46. The summed E-state index contributed by atoms with van der Waals surface area (Å²) in [6.07, 6.45) is 5.21. The number of imidazole rings is 1. The standard InChI is InChI=1S/C17H18N4O4/c1-20-3-4-21-17(20)12(10-19-21)16(22)18-9-11-7-14-15(8-13(11)23-2)25-6-5-24-14/h3-4,7-8,10H,5-6,9H2,1-2H3,(H,18,22). The van der Waals surface area contributed by atoms with E-state index in [9.17, 15) is 4.79 Å². The SMILES string of the molecule is COc1cc2c(cc1CNC(=O)c1cnn3ccn(C)c13)OCCO2. The average molecular weight is 342 g/mol. The number of benzene rings is 1. The summed E-state index contributed by atoms with van der Waals surface area (Å²) in [5, 5.41) is 7.09. The molecule has 8 nitrogen and oxygen atoms in total. The van der Waals surface area contributed by atoms with E-state index in [0.717, 1.165) is 11.2 Å². The molecule has 3 aromatic rings. The van der Waals surface area contributed by atoms with Crippen LogP contribution >= 0.6 is 0 Å². The summed E-state index contributed by atoms with van der Waals surface area (Å²) in [5.74, 6) is 1.75. The Kier molecular flexibility index (Phi) is 3.72. The van der Waals surface area contributed by atoms with Gasteiger partial charge in [0.05, 0.1) is 13.3 Å². The molecule has 1 aliphatic heterocycles. The normalized spacial score (nSPS) is 13.0. The number of methoxy groups -OCH3 is 1. The molecule has 1 aliphatic rings. The summed E-state index contributed by atoms with van der Waals surface area (Å²) in [4.78, 5) is 12.6. The highest BCUT2D eigenvalue weighted by Crippen LogP contribution is 2.36. The van der Waals surface area contributed by atoms with Crippen molar-refractivity contribution in [2.75, 3.05) is 20.3 Å². The largest absolute Gasteiger partial charge is 0.496 e. The number of fused-ring (bicyclic) bond motifs is 2. The van der Waals surface area contributed by atoms with Crippen molar-refractivity contribution < 1.29 is 19.0 Å². The molecule has 130 valence electrons. The Labute approximate surface area is 143 Å². The summed E-state index contributed by atoms with van der Waals surface area (Å²) in [6, 6.07) is 3.62. The zero-order valence-electron chi connectivity index (χ0n) is 14.0. The van der Waals surface area contributed by atoms with Gasteiger partial charge in [-0.1, -0.05) is 0 Å². The molecule has 0 unspecified atom stereocenters. The van der Waals surface area contributed by atoms with E-state index in [1.165, 1.54) is 0 Å². The van der Waals surface area contributed by atoms with Crippen molar-refractivity contribution in [3.05, 3.63) is 41.9 Å². The number of nitrogens with zero attached hydrogens (tertiary/aromatic N) is 3. The van der Waals surface area contributed by atoms with Gasteiger partial charge in [0.25, 0.3) is 5.91 Å². The summed E-state index contributed by atoms with van der Waals surface area (Å²) < 4.78 is 20.1. The van der Waals surface area contributed by atoms with Gasteiger partial charge in [0.15, 0.2) is 11.5 Å². The second-order valence-electron chi connectivity index (χ2n) is 5.73. The van der Waals surface area contributed by atoms with Crippen molar-refractivity contribution in [1.29, 1.82) is 0 Å². The van der Waals surface area contributed by atoms with Gasteiger partial charge in [-0.15, -0.1) is 0 Å². The zero-order valence-corrected chi connectivity index (χ0v) is 14.0. The molecule has 0 bridgehead atoms. The van der Waals surface area contributed by atoms with Crippen LogP contribution in [-0.2, 0) is 13.6 Å². The molecule has 25 heavy (non-hydrogen) atoms. The smallest absolute Gasteiger partial charge is 0.256 e. The van der Waals surface area contributed by atoms with E-state index >= 15 is 0 Å². The highest BCUT2D eigenvalue weighted by molar-refractivity contribution is 5.99. The fraction of sp³-hybridized carbons (Fsp3) is 0.294. The van der Waals surface area contributed by atoms with Gasteiger partial charge < -0.3 is 24.1 Å². The van der Waals surface area contributed by atoms with Crippen LogP contribution in [0, 0.1) is 0 Å². The first-order valence-electron chi connectivity index (χ1n) is 7.90. The fourth-order valence-corrected chi connectivity index (χ4v) is 2.92. The fourth-order valence-electron chi connectivity index (χ4n) is 2.92. The van der Waals surface area contributed by atoms with E-state index in [1.54, 1.807) is 30.1 Å². The molecular formula is C17H18N4O4. The van der Waals surface area contributed by atoms with Crippen LogP contribution in [-0.4, -0.2) is 40.4 Å². The van der Waals surface area contributed by atoms with E-state index in [2.05, 4.69) is 10.4 Å². The molecule has 0 fully saturated rings. The van der Waals surface area contributed by atoms with E-state index in [0.29, 0.717) is 42.6 Å². The molecule has 0 aliphatic carbocycles. The van der Waals surface area contributed by atoms with Crippen LogP contribution in [0.25, 0.3) is 5.65 Å². The maximum Gasteiger partial charge on any atom is 0.256 e. The topological polar surface area (TPSA) is 79.0 Å². The van der Waals surface area contributed by atoms with Gasteiger partial charge in [-0.05, 0) is 6.07 Å². The van der Waals surface area contributed by atoms with Crippen molar-refractivity contribution in [3.63, 3.8) is 0 Å². The van der Waals surface area contributed by atoms with Crippen LogP contribution in [0.15, 0.2) is 30.7 Å². The van der Waals surface area contributed by atoms with Gasteiger partial charge in [0, 0.05) is 37.6 Å². The van der Waals surface area contributed by atoms with Gasteiger partial charge in [0.2, 0.25) is 0 Å². The van der Waals surface area contributed by atoms with Gasteiger partial charge >= 0.3 is 0 Å². The molecular weight excluding hydrogens is 324 g/mol. The molecule has 4 rings (SSSR count). The number of hydrogen-bond donors (Lipinski definition) is 1. The average Bonchev–Trinajstić information content (AvgIpc) is 3.22. The van der Waals surface area contributed by atoms with Crippen molar-refractivity contribution in [3.8, 4) is 17.2 Å². The first-order valence-corrected chi connectivity index (χ1v) is 7.90. The number of carbonyl (C=O) groups is 1. The number of nitrogens with one attached hydrogen (secondary N) is 1. The molecule has 0 saturated heterocycles. The monoisotopic (exact) mass is 342 g/mol. The first kappa shape index (κ1) is 15.4. The lowest BCUT2D eigenvalue weighted by Gasteiger charge is -2.20. The number of aromatic nitrogens is 3. The molecule has 0 spiro atoms. The minimum Gasteiger partial charge on any atom is -0.496 e. The Bertz CT molecular complexity index is 944. The number of carbonyl (C=O) groups excluding carboxylic acids is 1. The van der Waals surface area contributed by atoms with Crippen molar-refractivity contribution >= 4 is 11.6 Å². The third kappa shape index (κ3) is 2.65. The number of ether oxygens (including phenoxy) is 3. The molecule has 1 amide bonds. The molecule has 0 atom stereocenters. The van der Waals surface area contributed by atoms with Crippen LogP contribution < -0.4 is 19.5 Å². The van der Waals surface area contributed by atoms with E-state index in [1.807, 2.05) is 23.9 Å². The van der Waals surface area contributed by atoms with Crippen LogP contribution in [0.3, 0.4) is 0 Å². The molecule has 1 N–H and O–H groups in total. The highest BCUT2D eigenvalue weighted by Gasteiger charge is 2.19. The number of rotatable bonds is 4. The Hall–Kier alpha value is -3.16. The van der Waals surface area contributed by atoms with E-state index in [4.69, 9.17) is 14.2 Å². The summed E-state index contributed by atoms with van der Waals surface area (Å²) in [6.45, 7) is 1.33. The molecule has 0 saturated carbocycles. The maximum atomic E-state index is 12.6. The number of hydrogen-bond acceptors (Lipinski definition) is 5. The summed E-state index contributed by atoms with van der Waals surface area (Å²) >= 11 is 0. The lowest BCUT2D eigenvalue weighted by atomic mass is 10.1. The summed E-state index contributed by atoms with van der Waals surface area (Å²) in [5.41, 5.74) is 2.08. The molecule has 8 heteroatoms. The van der Waals surface area contributed by atoms with Gasteiger partial charge in [-0.2, -0.15) is 5.10 Å². The van der Waals surface area contributed by atoms with Crippen molar-refractivity contribution in [2.45, 2.75) is 6.54 Å². The second-order valence-corrected chi connectivity index (χ2v) is 5.73. The molecule has 0 radical (unpaired) electrons. The minimum atomic E-state index is -0.200. The van der Waals surface area contributed by atoms with Gasteiger partial charge in [-0.25, -0.2) is 4.52 Å². The quantitative estimate of drug-likeness (QED) is 0.775. The lowest BCUT2D eigenvalue weighted by Crippen LogP contribution is -2.23. The Morgan fingerprint density at radius 3 is 2.80 bits per heavy atom. The Morgan fingerprint density at radius 1 is 1.28 bits per heavy atom. The lowest BCUT2D eigenvalue weighted by molar-refractivity contribution is 0.0952. The van der Waals surface area contributed by atoms with Crippen LogP contribution in [0.1, 0.15) is 15.9 Å². The predicted molar refractivity (Wildman–Crippen MR) is 89.3 cm³/mol. The number of amides is 1. The third-order valence-electron chi connectivity index (χ3n) is 4.16. The Morgan fingerprint density at radius 2 is 2.04 bits per heavy atom.